The Bertz CT molecular complexity index is 582. The maximum atomic E-state index is 9.83. The van der Waals surface area contributed by atoms with Crippen LogP contribution in [0.1, 0.15) is 24.8 Å². The third kappa shape index (κ3) is 2.49. The highest BCUT2D eigenvalue weighted by Gasteiger charge is 2.39. The zero-order valence-electron chi connectivity index (χ0n) is 11.1. The lowest BCUT2D eigenvalue weighted by atomic mass is 10.0. The summed E-state index contributed by atoms with van der Waals surface area (Å²) in [6.45, 7) is 0. The van der Waals surface area contributed by atoms with Crippen molar-refractivity contribution in [3.05, 3.63) is 36.0 Å². The summed E-state index contributed by atoms with van der Waals surface area (Å²) in [5.74, 6) is 0.681. The molecule has 100 valence electrons. The molecule has 3 rings (SSSR count). The maximum absolute atomic E-state index is 9.83. The Morgan fingerprint density at radius 1 is 1.32 bits per heavy atom. The molecule has 0 amide bonds. The standard InChI is InChI=1S/C15H19N3O/c1-18-14(16)13(10-17-18)12-4-2-11(3-5-12)6-7-15(19)8-9-15/h2-5,10,19H,6-9,16H2,1H3. The Morgan fingerprint density at radius 2 is 2.00 bits per heavy atom. The molecule has 0 atom stereocenters. The molecular formula is C15H19N3O. The number of benzene rings is 1. The van der Waals surface area contributed by atoms with Crippen molar-refractivity contribution in [3.8, 4) is 11.1 Å². The Labute approximate surface area is 112 Å². The largest absolute Gasteiger partial charge is 0.390 e. The molecule has 4 heteroatoms. The molecule has 1 aromatic carbocycles. The second-order valence-electron chi connectivity index (χ2n) is 5.49. The van der Waals surface area contributed by atoms with Crippen molar-refractivity contribution < 1.29 is 5.11 Å². The Balaban J connectivity index is 1.73. The third-order valence-electron chi connectivity index (χ3n) is 3.96. The van der Waals surface area contributed by atoms with Gasteiger partial charge in [-0.2, -0.15) is 5.10 Å². The number of rotatable bonds is 4. The SMILES string of the molecule is Cn1ncc(-c2ccc(CCC3(O)CC3)cc2)c1N. The number of hydrogen-bond acceptors (Lipinski definition) is 3. The van der Waals surface area contributed by atoms with Crippen LogP contribution in [0.5, 0.6) is 0 Å². The molecule has 0 saturated heterocycles. The van der Waals surface area contributed by atoms with Crippen molar-refractivity contribution in [1.29, 1.82) is 0 Å². The van der Waals surface area contributed by atoms with Gasteiger partial charge in [0, 0.05) is 12.6 Å². The molecule has 0 spiro atoms. The number of aromatic nitrogens is 2. The number of nitrogens with zero attached hydrogens (tertiary/aromatic N) is 2. The van der Waals surface area contributed by atoms with Crippen molar-refractivity contribution in [2.24, 2.45) is 7.05 Å². The molecule has 1 fully saturated rings. The van der Waals surface area contributed by atoms with E-state index in [2.05, 4.69) is 29.4 Å². The van der Waals surface area contributed by atoms with Crippen molar-refractivity contribution >= 4 is 5.82 Å². The summed E-state index contributed by atoms with van der Waals surface area (Å²) in [7, 11) is 1.84. The normalized spacial score (nSPS) is 16.5. The summed E-state index contributed by atoms with van der Waals surface area (Å²) in [4.78, 5) is 0. The van der Waals surface area contributed by atoms with Gasteiger partial charge in [0.15, 0.2) is 0 Å². The van der Waals surface area contributed by atoms with E-state index in [9.17, 15) is 5.11 Å². The van der Waals surface area contributed by atoms with Gasteiger partial charge in [-0.1, -0.05) is 24.3 Å². The van der Waals surface area contributed by atoms with Gasteiger partial charge in [-0.25, -0.2) is 0 Å². The van der Waals surface area contributed by atoms with E-state index in [4.69, 9.17) is 5.73 Å². The first-order valence-corrected chi connectivity index (χ1v) is 6.67. The van der Waals surface area contributed by atoms with Crippen molar-refractivity contribution in [3.63, 3.8) is 0 Å². The highest BCUT2D eigenvalue weighted by molar-refractivity contribution is 5.73. The van der Waals surface area contributed by atoms with Crippen LogP contribution < -0.4 is 5.73 Å². The topological polar surface area (TPSA) is 64.1 Å². The number of nitrogen functional groups attached to an aromatic ring is 1. The minimum atomic E-state index is -0.369. The number of aryl methyl sites for hydroxylation is 2. The molecule has 0 radical (unpaired) electrons. The summed E-state index contributed by atoms with van der Waals surface area (Å²) in [6, 6.07) is 8.35. The van der Waals surface area contributed by atoms with E-state index in [1.54, 1.807) is 10.9 Å². The lowest BCUT2D eigenvalue weighted by Crippen LogP contribution is -2.07. The predicted octanol–water partition coefficient (Wildman–Crippen LogP) is 2.13. The second-order valence-corrected chi connectivity index (χ2v) is 5.49. The van der Waals surface area contributed by atoms with Crippen LogP contribution in [0.25, 0.3) is 11.1 Å². The van der Waals surface area contributed by atoms with Crippen LogP contribution >= 0.6 is 0 Å². The maximum Gasteiger partial charge on any atom is 0.129 e. The smallest absolute Gasteiger partial charge is 0.129 e. The van der Waals surface area contributed by atoms with E-state index in [0.29, 0.717) is 5.82 Å². The molecule has 4 nitrogen and oxygen atoms in total. The van der Waals surface area contributed by atoms with Gasteiger partial charge in [-0.15, -0.1) is 0 Å². The van der Waals surface area contributed by atoms with E-state index < -0.39 is 0 Å². The zero-order valence-corrected chi connectivity index (χ0v) is 11.1. The fourth-order valence-corrected chi connectivity index (χ4v) is 2.29. The molecule has 1 aliphatic rings. The van der Waals surface area contributed by atoms with Crippen molar-refractivity contribution in [2.75, 3.05) is 5.73 Å². The van der Waals surface area contributed by atoms with Crippen LogP contribution in [0.4, 0.5) is 5.82 Å². The van der Waals surface area contributed by atoms with Crippen LogP contribution in [0, 0.1) is 0 Å². The number of anilines is 1. The lowest BCUT2D eigenvalue weighted by molar-refractivity contribution is 0.140. The zero-order chi connectivity index (χ0) is 13.5. The minimum Gasteiger partial charge on any atom is -0.390 e. The molecule has 0 unspecified atom stereocenters. The van der Waals surface area contributed by atoms with E-state index >= 15 is 0 Å². The Hall–Kier alpha value is -1.81. The number of aliphatic hydroxyl groups is 1. The Morgan fingerprint density at radius 3 is 2.53 bits per heavy atom. The number of nitrogens with two attached hydrogens (primary N) is 1. The van der Waals surface area contributed by atoms with E-state index in [1.165, 1.54) is 5.56 Å². The molecule has 1 aromatic heterocycles. The predicted molar refractivity (Wildman–Crippen MR) is 75.6 cm³/mol. The van der Waals surface area contributed by atoms with Crippen LogP contribution in [0.2, 0.25) is 0 Å². The highest BCUT2D eigenvalue weighted by Crippen LogP contribution is 2.39. The van der Waals surface area contributed by atoms with E-state index in [1.807, 2.05) is 7.05 Å². The van der Waals surface area contributed by atoms with Gasteiger partial charge >= 0.3 is 0 Å². The van der Waals surface area contributed by atoms with Gasteiger partial charge in [0.2, 0.25) is 0 Å². The highest BCUT2D eigenvalue weighted by atomic mass is 16.3. The molecule has 19 heavy (non-hydrogen) atoms. The van der Waals surface area contributed by atoms with Crippen molar-refractivity contribution in [2.45, 2.75) is 31.3 Å². The summed E-state index contributed by atoms with van der Waals surface area (Å²) >= 11 is 0. The molecular weight excluding hydrogens is 238 g/mol. The molecule has 3 N–H and O–H groups in total. The fraction of sp³-hybridized carbons (Fsp3) is 0.400. The summed E-state index contributed by atoms with van der Waals surface area (Å²) < 4.78 is 1.67. The fourth-order valence-electron chi connectivity index (χ4n) is 2.29. The quantitative estimate of drug-likeness (QED) is 0.882. The van der Waals surface area contributed by atoms with E-state index in [0.717, 1.165) is 36.8 Å². The average molecular weight is 257 g/mol. The molecule has 1 saturated carbocycles. The molecule has 2 aromatic rings. The lowest BCUT2D eigenvalue weighted by Gasteiger charge is -2.08. The summed E-state index contributed by atoms with van der Waals surface area (Å²) in [5.41, 5.74) is 8.90. The van der Waals surface area contributed by atoms with Crippen LogP contribution in [-0.2, 0) is 13.5 Å². The van der Waals surface area contributed by atoms with Gasteiger partial charge < -0.3 is 10.8 Å². The molecule has 0 aliphatic heterocycles. The molecule has 1 heterocycles. The van der Waals surface area contributed by atoms with Crippen LogP contribution in [-0.4, -0.2) is 20.5 Å². The van der Waals surface area contributed by atoms with Crippen LogP contribution in [0.3, 0.4) is 0 Å². The van der Waals surface area contributed by atoms with Crippen LogP contribution in [0.15, 0.2) is 30.5 Å². The van der Waals surface area contributed by atoms with Gasteiger partial charge in [0.25, 0.3) is 0 Å². The third-order valence-corrected chi connectivity index (χ3v) is 3.96. The summed E-state index contributed by atoms with van der Waals surface area (Å²) in [5, 5.41) is 14.0. The Kier molecular flexibility index (Phi) is 2.82. The first-order valence-electron chi connectivity index (χ1n) is 6.67. The first kappa shape index (κ1) is 12.2. The van der Waals surface area contributed by atoms with Gasteiger partial charge in [-0.3, -0.25) is 4.68 Å². The molecule has 0 bridgehead atoms. The molecule has 1 aliphatic carbocycles. The number of hydrogen-bond donors (Lipinski definition) is 2. The first-order chi connectivity index (χ1) is 9.07. The van der Waals surface area contributed by atoms with E-state index in [-0.39, 0.29) is 5.60 Å². The second kappa shape index (κ2) is 4.38. The average Bonchev–Trinajstić information content (AvgIpc) is 3.07. The minimum absolute atomic E-state index is 0.369. The summed E-state index contributed by atoms with van der Waals surface area (Å²) in [6.07, 6.45) is 5.49. The van der Waals surface area contributed by atoms with Gasteiger partial charge in [0.1, 0.15) is 5.82 Å². The van der Waals surface area contributed by atoms with Gasteiger partial charge in [-0.05, 0) is 36.8 Å². The van der Waals surface area contributed by atoms with Gasteiger partial charge in [0.05, 0.1) is 11.8 Å². The van der Waals surface area contributed by atoms with Crippen molar-refractivity contribution in [1.82, 2.24) is 9.78 Å². The monoisotopic (exact) mass is 257 g/mol.